The highest BCUT2D eigenvalue weighted by molar-refractivity contribution is 5.90. The van der Waals surface area contributed by atoms with Crippen LogP contribution in [0.2, 0.25) is 0 Å². The number of nitrogens with zero attached hydrogens (tertiary/aromatic N) is 2. The fourth-order valence-electron chi connectivity index (χ4n) is 2.37. The number of ether oxygens (including phenoxy) is 3. The molecule has 9 nitrogen and oxygen atoms in total. The van der Waals surface area contributed by atoms with Gasteiger partial charge in [-0.05, 0) is 6.42 Å². The summed E-state index contributed by atoms with van der Waals surface area (Å²) >= 11 is 0. The van der Waals surface area contributed by atoms with Crippen molar-refractivity contribution < 1.29 is 23.5 Å². The van der Waals surface area contributed by atoms with Crippen LogP contribution in [-0.4, -0.2) is 44.0 Å². The summed E-state index contributed by atoms with van der Waals surface area (Å²) in [6.45, 7) is 4.48. The van der Waals surface area contributed by atoms with Crippen molar-refractivity contribution in [2.45, 2.75) is 32.6 Å². The predicted octanol–water partition coefficient (Wildman–Crippen LogP) is 2.97. The Morgan fingerprint density at radius 1 is 1.15 bits per heavy atom. The van der Waals surface area contributed by atoms with Crippen LogP contribution in [0.1, 0.15) is 37.9 Å². The summed E-state index contributed by atoms with van der Waals surface area (Å²) < 4.78 is 21.0. The van der Waals surface area contributed by atoms with Crippen molar-refractivity contribution in [3.8, 4) is 17.2 Å². The lowest BCUT2D eigenvalue weighted by Gasteiger charge is -2.14. The third-order valence-electron chi connectivity index (χ3n) is 3.78. The van der Waals surface area contributed by atoms with Crippen molar-refractivity contribution in [1.29, 1.82) is 0 Å². The quantitative estimate of drug-likeness (QED) is 0.646. The van der Waals surface area contributed by atoms with Gasteiger partial charge in [0.1, 0.15) is 0 Å². The maximum atomic E-state index is 12.1. The van der Waals surface area contributed by atoms with Gasteiger partial charge in [0.25, 0.3) is 0 Å². The molecule has 2 amide bonds. The van der Waals surface area contributed by atoms with Gasteiger partial charge in [-0.25, -0.2) is 4.79 Å². The maximum Gasteiger partial charge on any atom is 0.319 e. The number of hydrogen-bond acceptors (Lipinski definition) is 7. The lowest BCUT2D eigenvalue weighted by atomic mass is 10.2. The highest BCUT2D eigenvalue weighted by Crippen LogP contribution is 2.39. The standard InChI is InChI=1S/C18H26N4O5/c1-11(2)17-21-15(27-22-17)7-6-8-19-18(23)20-12-9-13(24-3)16(26-5)14(10-12)25-4/h9-11H,6-8H2,1-5H3,(H2,19,20,23). The first kappa shape index (κ1) is 20.3. The summed E-state index contributed by atoms with van der Waals surface area (Å²) in [5.74, 6) is 2.88. The van der Waals surface area contributed by atoms with E-state index < -0.39 is 0 Å². The number of amides is 2. The second kappa shape index (κ2) is 9.65. The number of aromatic nitrogens is 2. The Bertz CT molecular complexity index is 735. The second-order valence-corrected chi connectivity index (χ2v) is 6.10. The van der Waals surface area contributed by atoms with Gasteiger partial charge < -0.3 is 29.4 Å². The number of benzene rings is 1. The first-order valence-corrected chi connectivity index (χ1v) is 8.65. The van der Waals surface area contributed by atoms with Crippen molar-refractivity contribution in [2.24, 2.45) is 0 Å². The van der Waals surface area contributed by atoms with Gasteiger partial charge in [0.15, 0.2) is 17.3 Å². The zero-order valence-corrected chi connectivity index (χ0v) is 16.3. The number of methoxy groups -OCH3 is 3. The lowest BCUT2D eigenvalue weighted by Crippen LogP contribution is -2.29. The Morgan fingerprint density at radius 3 is 2.33 bits per heavy atom. The van der Waals surface area contributed by atoms with Crippen molar-refractivity contribution in [2.75, 3.05) is 33.2 Å². The molecule has 148 valence electrons. The average molecular weight is 378 g/mol. The molecule has 0 aliphatic heterocycles. The van der Waals surface area contributed by atoms with E-state index in [1.807, 2.05) is 13.8 Å². The van der Waals surface area contributed by atoms with Gasteiger partial charge in [-0.15, -0.1) is 0 Å². The predicted molar refractivity (Wildman–Crippen MR) is 99.8 cm³/mol. The normalized spacial score (nSPS) is 10.6. The second-order valence-electron chi connectivity index (χ2n) is 6.10. The fraction of sp³-hybridized carbons (Fsp3) is 0.500. The molecule has 0 spiro atoms. The summed E-state index contributed by atoms with van der Waals surface area (Å²) in [6.07, 6.45) is 1.28. The molecule has 1 aromatic heterocycles. The van der Waals surface area contributed by atoms with E-state index >= 15 is 0 Å². The third kappa shape index (κ3) is 5.50. The van der Waals surface area contributed by atoms with Crippen molar-refractivity contribution in [3.63, 3.8) is 0 Å². The van der Waals surface area contributed by atoms with E-state index in [1.54, 1.807) is 12.1 Å². The molecule has 0 saturated heterocycles. The zero-order valence-electron chi connectivity index (χ0n) is 16.3. The number of hydrogen-bond donors (Lipinski definition) is 2. The topological polar surface area (TPSA) is 108 Å². The van der Waals surface area contributed by atoms with E-state index in [2.05, 4.69) is 20.8 Å². The molecule has 9 heteroatoms. The smallest absolute Gasteiger partial charge is 0.319 e. The van der Waals surface area contributed by atoms with Gasteiger partial charge in [-0.3, -0.25) is 0 Å². The van der Waals surface area contributed by atoms with E-state index in [0.717, 1.165) is 0 Å². The summed E-state index contributed by atoms with van der Waals surface area (Å²) in [4.78, 5) is 16.4. The highest BCUT2D eigenvalue weighted by atomic mass is 16.5. The first-order valence-electron chi connectivity index (χ1n) is 8.65. The molecular formula is C18H26N4O5. The summed E-state index contributed by atoms with van der Waals surface area (Å²) in [7, 11) is 4.56. The number of rotatable bonds is 9. The average Bonchev–Trinajstić information content (AvgIpc) is 3.13. The highest BCUT2D eigenvalue weighted by Gasteiger charge is 2.14. The number of anilines is 1. The molecule has 0 fully saturated rings. The van der Waals surface area contributed by atoms with Crippen molar-refractivity contribution >= 4 is 11.7 Å². The van der Waals surface area contributed by atoms with Crippen LogP contribution < -0.4 is 24.8 Å². The van der Waals surface area contributed by atoms with Gasteiger partial charge in [-0.1, -0.05) is 19.0 Å². The number of urea groups is 1. The molecule has 1 heterocycles. The van der Waals surface area contributed by atoms with E-state index in [0.29, 0.717) is 54.0 Å². The monoisotopic (exact) mass is 378 g/mol. The SMILES string of the molecule is COc1cc(NC(=O)NCCCc2nc(C(C)C)no2)cc(OC)c1OC. The molecule has 0 saturated carbocycles. The summed E-state index contributed by atoms with van der Waals surface area (Å²) in [6, 6.07) is 2.98. The summed E-state index contributed by atoms with van der Waals surface area (Å²) in [5.41, 5.74) is 0.528. The first-order chi connectivity index (χ1) is 13.0. The van der Waals surface area contributed by atoms with Crippen LogP contribution in [0.15, 0.2) is 16.7 Å². The number of aryl methyl sites for hydroxylation is 1. The number of carbonyl (C=O) groups excluding carboxylic acids is 1. The van der Waals surface area contributed by atoms with Crippen molar-refractivity contribution in [1.82, 2.24) is 15.5 Å². The number of nitrogens with one attached hydrogen (secondary N) is 2. The zero-order chi connectivity index (χ0) is 19.8. The van der Waals surface area contributed by atoms with Gasteiger partial charge >= 0.3 is 6.03 Å². The minimum absolute atomic E-state index is 0.227. The Balaban J connectivity index is 1.84. The van der Waals surface area contributed by atoms with Crippen LogP contribution in [0.25, 0.3) is 0 Å². The van der Waals surface area contributed by atoms with Crippen LogP contribution >= 0.6 is 0 Å². The minimum Gasteiger partial charge on any atom is -0.493 e. The fourth-order valence-corrected chi connectivity index (χ4v) is 2.37. The minimum atomic E-state index is -0.335. The van der Waals surface area contributed by atoms with Crippen LogP contribution in [0, 0.1) is 0 Å². The molecule has 0 aliphatic carbocycles. The van der Waals surface area contributed by atoms with Gasteiger partial charge in [0.2, 0.25) is 11.6 Å². The maximum absolute atomic E-state index is 12.1. The molecule has 0 atom stereocenters. The molecule has 1 aromatic carbocycles. The van der Waals surface area contributed by atoms with Crippen LogP contribution in [-0.2, 0) is 6.42 Å². The Labute approximate surface area is 158 Å². The Hall–Kier alpha value is -2.97. The van der Waals surface area contributed by atoms with Crippen LogP contribution in [0.4, 0.5) is 10.5 Å². The van der Waals surface area contributed by atoms with Crippen molar-refractivity contribution in [3.05, 3.63) is 23.8 Å². The van der Waals surface area contributed by atoms with Gasteiger partial charge in [0, 0.05) is 31.0 Å². The molecule has 0 aliphatic rings. The Morgan fingerprint density at radius 2 is 1.81 bits per heavy atom. The molecule has 27 heavy (non-hydrogen) atoms. The van der Waals surface area contributed by atoms with Crippen LogP contribution in [0.5, 0.6) is 17.2 Å². The van der Waals surface area contributed by atoms with Gasteiger partial charge in [-0.2, -0.15) is 4.98 Å². The Kier molecular flexibility index (Phi) is 7.27. The van der Waals surface area contributed by atoms with E-state index in [-0.39, 0.29) is 11.9 Å². The van der Waals surface area contributed by atoms with Crippen LogP contribution in [0.3, 0.4) is 0 Å². The molecule has 2 rings (SSSR count). The molecular weight excluding hydrogens is 352 g/mol. The lowest BCUT2D eigenvalue weighted by molar-refractivity contribution is 0.251. The molecule has 0 radical (unpaired) electrons. The number of carbonyl (C=O) groups is 1. The summed E-state index contributed by atoms with van der Waals surface area (Å²) in [5, 5.41) is 9.44. The third-order valence-corrected chi connectivity index (χ3v) is 3.78. The molecule has 0 bridgehead atoms. The van der Waals surface area contributed by atoms with E-state index in [4.69, 9.17) is 18.7 Å². The molecule has 2 aromatic rings. The largest absolute Gasteiger partial charge is 0.493 e. The van der Waals surface area contributed by atoms with Gasteiger partial charge in [0.05, 0.1) is 27.0 Å². The molecule has 2 N–H and O–H groups in total. The molecule has 0 unspecified atom stereocenters. The van der Waals surface area contributed by atoms with E-state index in [1.165, 1.54) is 21.3 Å². The van der Waals surface area contributed by atoms with E-state index in [9.17, 15) is 4.79 Å².